The lowest BCUT2D eigenvalue weighted by molar-refractivity contribution is -0.119. The maximum atomic E-state index is 12.9. The summed E-state index contributed by atoms with van der Waals surface area (Å²) in [4.78, 5) is 36.1. The number of nitrogens with one attached hydrogen (secondary N) is 2. The molecule has 2 saturated heterocycles. The first-order chi connectivity index (χ1) is 12.7. The fraction of sp³-hybridized carbons (Fsp3) is 0.579. The average molecular weight is 370 g/mol. The SMILES string of the molecule is Cn1c(NC(C)(C)C)nc2c(N3CCC4(CNC(=O)C4)C3)nccc2c1=O. The Balaban J connectivity index is 1.78. The molecule has 2 aliphatic rings. The van der Waals surface area contributed by atoms with Crippen molar-refractivity contribution in [2.75, 3.05) is 29.9 Å². The van der Waals surface area contributed by atoms with Gasteiger partial charge in [-0.15, -0.1) is 0 Å². The maximum Gasteiger partial charge on any atom is 0.262 e. The summed E-state index contributed by atoms with van der Waals surface area (Å²) in [5.41, 5.74) is 0.261. The number of hydrogen-bond acceptors (Lipinski definition) is 6. The molecule has 2 N–H and O–H groups in total. The molecule has 0 saturated carbocycles. The third-order valence-electron chi connectivity index (χ3n) is 5.40. The highest BCUT2D eigenvalue weighted by Crippen LogP contribution is 2.39. The quantitative estimate of drug-likeness (QED) is 0.827. The molecular formula is C19H26N6O2. The van der Waals surface area contributed by atoms with Crippen molar-refractivity contribution < 1.29 is 4.79 Å². The van der Waals surface area contributed by atoms with Crippen LogP contribution in [0.2, 0.25) is 0 Å². The number of fused-ring (bicyclic) bond motifs is 1. The lowest BCUT2D eigenvalue weighted by atomic mass is 9.86. The Labute approximate surface area is 158 Å². The van der Waals surface area contributed by atoms with Crippen molar-refractivity contribution >= 4 is 28.6 Å². The minimum atomic E-state index is -0.221. The largest absolute Gasteiger partial charge is 0.355 e. The molecule has 0 aliphatic carbocycles. The second-order valence-electron chi connectivity index (χ2n) is 8.83. The Morgan fingerprint density at radius 1 is 1.30 bits per heavy atom. The Kier molecular flexibility index (Phi) is 3.90. The number of nitrogens with zero attached hydrogens (tertiary/aromatic N) is 4. The van der Waals surface area contributed by atoms with Crippen molar-refractivity contribution in [2.45, 2.75) is 39.2 Å². The standard InChI is InChI=1S/C19H26N6O2/c1-18(2,3)23-17-22-14-12(16(27)24(17)4)5-7-20-15(14)25-8-6-19(11-25)9-13(26)21-10-19/h5,7H,6,8-11H2,1-4H3,(H,21,26)(H,22,23). The van der Waals surface area contributed by atoms with Gasteiger partial charge in [0.1, 0.15) is 5.52 Å². The van der Waals surface area contributed by atoms with Crippen LogP contribution in [0.1, 0.15) is 33.6 Å². The highest BCUT2D eigenvalue weighted by molar-refractivity contribution is 5.89. The summed E-state index contributed by atoms with van der Waals surface area (Å²) in [6, 6.07) is 1.72. The van der Waals surface area contributed by atoms with E-state index in [1.165, 1.54) is 0 Å². The molecule has 4 rings (SSSR count). The Morgan fingerprint density at radius 3 is 2.74 bits per heavy atom. The minimum Gasteiger partial charge on any atom is -0.355 e. The Hall–Kier alpha value is -2.64. The van der Waals surface area contributed by atoms with E-state index in [0.29, 0.717) is 29.8 Å². The van der Waals surface area contributed by atoms with Crippen LogP contribution in [0.3, 0.4) is 0 Å². The van der Waals surface area contributed by atoms with Crippen molar-refractivity contribution in [1.82, 2.24) is 19.9 Å². The van der Waals surface area contributed by atoms with E-state index in [4.69, 9.17) is 4.98 Å². The van der Waals surface area contributed by atoms with E-state index in [0.717, 1.165) is 25.3 Å². The zero-order valence-corrected chi connectivity index (χ0v) is 16.3. The normalized spacial score (nSPS) is 22.7. The topological polar surface area (TPSA) is 92.2 Å². The van der Waals surface area contributed by atoms with Crippen molar-refractivity contribution in [3.63, 3.8) is 0 Å². The van der Waals surface area contributed by atoms with Gasteiger partial charge in [-0.1, -0.05) is 0 Å². The molecule has 8 heteroatoms. The summed E-state index contributed by atoms with van der Waals surface area (Å²) in [7, 11) is 1.73. The molecule has 0 radical (unpaired) electrons. The molecule has 0 bridgehead atoms. The molecule has 1 atom stereocenters. The van der Waals surface area contributed by atoms with Gasteiger partial charge in [-0.2, -0.15) is 0 Å². The number of rotatable bonds is 2. The summed E-state index contributed by atoms with van der Waals surface area (Å²) in [6.07, 6.45) is 3.16. The number of hydrogen-bond donors (Lipinski definition) is 2. The van der Waals surface area contributed by atoms with Gasteiger partial charge < -0.3 is 15.5 Å². The van der Waals surface area contributed by atoms with E-state index < -0.39 is 0 Å². The van der Waals surface area contributed by atoms with Gasteiger partial charge >= 0.3 is 0 Å². The van der Waals surface area contributed by atoms with Crippen molar-refractivity contribution in [3.05, 3.63) is 22.6 Å². The molecule has 0 aromatic carbocycles. The van der Waals surface area contributed by atoms with Gasteiger partial charge in [-0.05, 0) is 33.3 Å². The fourth-order valence-electron chi connectivity index (χ4n) is 4.02. The van der Waals surface area contributed by atoms with Crippen LogP contribution < -0.4 is 21.1 Å². The van der Waals surface area contributed by atoms with Gasteiger partial charge in [0, 0.05) is 50.3 Å². The molecular weight excluding hydrogens is 344 g/mol. The zero-order chi connectivity index (χ0) is 19.4. The first-order valence-corrected chi connectivity index (χ1v) is 9.33. The molecule has 4 heterocycles. The molecule has 1 spiro atoms. The second kappa shape index (κ2) is 5.94. The van der Waals surface area contributed by atoms with Crippen LogP contribution in [0.15, 0.2) is 17.1 Å². The molecule has 1 amide bonds. The smallest absolute Gasteiger partial charge is 0.262 e. The highest BCUT2D eigenvalue weighted by Gasteiger charge is 2.44. The summed E-state index contributed by atoms with van der Waals surface area (Å²) in [5.74, 6) is 1.37. The molecule has 27 heavy (non-hydrogen) atoms. The molecule has 1 unspecified atom stereocenters. The van der Waals surface area contributed by atoms with Crippen LogP contribution in [-0.4, -0.2) is 45.6 Å². The lowest BCUT2D eigenvalue weighted by Gasteiger charge is -2.25. The monoisotopic (exact) mass is 370 g/mol. The summed E-state index contributed by atoms with van der Waals surface area (Å²) >= 11 is 0. The van der Waals surface area contributed by atoms with Crippen LogP contribution in [0.25, 0.3) is 10.9 Å². The highest BCUT2D eigenvalue weighted by atomic mass is 16.2. The third kappa shape index (κ3) is 3.13. The van der Waals surface area contributed by atoms with Crippen molar-refractivity contribution in [3.8, 4) is 0 Å². The first kappa shape index (κ1) is 17.8. The van der Waals surface area contributed by atoms with Gasteiger partial charge in [0.25, 0.3) is 5.56 Å². The van der Waals surface area contributed by atoms with E-state index in [-0.39, 0.29) is 22.4 Å². The molecule has 2 aromatic heterocycles. The second-order valence-corrected chi connectivity index (χ2v) is 8.83. The predicted octanol–water partition coefficient (Wildman–Crippen LogP) is 1.26. The lowest BCUT2D eigenvalue weighted by Crippen LogP contribution is -2.33. The van der Waals surface area contributed by atoms with E-state index in [1.54, 1.807) is 23.9 Å². The Morgan fingerprint density at radius 2 is 2.07 bits per heavy atom. The van der Waals surface area contributed by atoms with E-state index in [2.05, 4.69) is 20.5 Å². The third-order valence-corrected chi connectivity index (χ3v) is 5.40. The minimum absolute atomic E-state index is 0.0346. The Bertz CT molecular complexity index is 977. The summed E-state index contributed by atoms with van der Waals surface area (Å²) < 4.78 is 1.54. The van der Waals surface area contributed by atoms with Crippen LogP contribution in [0.4, 0.5) is 11.8 Å². The van der Waals surface area contributed by atoms with Gasteiger partial charge in [0.05, 0.1) is 5.39 Å². The maximum absolute atomic E-state index is 12.9. The van der Waals surface area contributed by atoms with Crippen molar-refractivity contribution in [1.29, 1.82) is 0 Å². The molecule has 8 nitrogen and oxygen atoms in total. The van der Waals surface area contributed by atoms with Crippen LogP contribution >= 0.6 is 0 Å². The number of amides is 1. The molecule has 2 aromatic rings. The summed E-state index contributed by atoms with van der Waals surface area (Å²) in [5, 5.41) is 6.81. The first-order valence-electron chi connectivity index (χ1n) is 9.33. The van der Waals surface area contributed by atoms with Gasteiger partial charge in [-0.25, -0.2) is 9.97 Å². The van der Waals surface area contributed by atoms with Crippen LogP contribution in [0.5, 0.6) is 0 Å². The summed E-state index contributed by atoms with van der Waals surface area (Å²) in [6.45, 7) is 8.35. The zero-order valence-electron chi connectivity index (χ0n) is 16.3. The fourth-order valence-corrected chi connectivity index (χ4v) is 4.02. The van der Waals surface area contributed by atoms with Gasteiger partial charge in [0.2, 0.25) is 11.9 Å². The predicted molar refractivity (Wildman–Crippen MR) is 105 cm³/mol. The average Bonchev–Trinajstić information content (AvgIpc) is 3.17. The van der Waals surface area contributed by atoms with E-state index in [1.807, 2.05) is 20.8 Å². The van der Waals surface area contributed by atoms with Gasteiger partial charge in [0.15, 0.2) is 5.82 Å². The van der Waals surface area contributed by atoms with E-state index in [9.17, 15) is 9.59 Å². The van der Waals surface area contributed by atoms with Gasteiger partial charge in [-0.3, -0.25) is 14.2 Å². The van der Waals surface area contributed by atoms with E-state index >= 15 is 0 Å². The molecule has 2 aliphatic heterocycles. The number of pyridine rings is 1. The number of carbonyl (C=O) groups is 1. The number of anilines is 2. The van der Waals surface area contributed by atoms with Crippen LogP contribution in [0, 0.1) is 5.41 Å². The number of aromatic nitrogens is 3. The number of carbonyl (C=O) groups excluding carboxylic acids is 1. The van der Waals surface area contributed by atoms with Crippen molar-refractivity contribution in [2.24, 2.45) is 12.5 Å². The van der Waals surface area contributed by atoms with Crippen LogP contribution in [-0.2, 0) is 11.8 Å². The molecule has 2 fully saturated rings. The molecule has 144 valence electrons.